The minimum Gasteiger partial charge on any atom is -0.326 e. The van der Waals surface area contributed by atoms with E-state index in [1.165, 1.54) is 4.88 Å². The summed E-state index contributed by atoms with van der Waals surface area (Å²) in [5, 5.41) is 15.8. The molecule has 0 atom stereocenters. The molecule has 2 aromatic carbocycles. The van der Waals surface area contributed by atoms with Crippen LogP contribution in [0.5, 0.6) is 0 Å². The predicted octanol–water partition coefficient (Wildman–Crippen LogP) is 4.76. The molecule has 4 aromatic rings. The van der Waals surface area contributed by atoms with E-state index in [1.807, 2.05) is 47.3 Å². The summed E-state index contributed by atoms with van der Waals surface area (Å²) >= 11 is 1.70. The zero-order chi connectivity index (χ0) is 22.3. The first-order valence-electron chi connectivity index (χ1n) is 10.3. The van der Waals surface area contributed by atoms with E-state index in [9.17, 15) is 9.59 Å². The van der Waals surface area contributed by atoms with E-state index in [-0.39, 0.29) is 11.8 Å². The van der Waals surface area contributed by atoms with Gasteiger partial charge < -0.3 is 15.2 Å². The van der Waals surface area contributed by atoms with Crippen molar-refractivity contribution in [1.29, 1.82) is 0 Å². The molecule has 8 heteroatoms. The molecule has 7 nitrogen and oxygen atoms in total. The fraction of sp³-hybridized carbons (Fsp3) is 0.167. The Balaban J connectivity index is 1.36. The summed E-state index contributed by atoms with van der Waals surface area (Å²) in [7, 11) is 1.86. The van der Waals surface area contributed by atoms with Gasteiger partial charge >= 0.3 is 0 Å². The van der Waals surface area contributed by atoms with Crippen LogP contribution in [0.1, 0.15) is 28.1 Å². The van der Waals surface area contributed by atoms with E-state index in [0.29, 0.717) is 29.2 Å². The first kappa shape index (κ1) is 21.5. The van der Waals surface area contributed by atoms with Crippen molar-refractivity contribution in [2.45, 2.75) is 19.3 Å². The number of carbonyl (C=O) groups is 2. The van der Waals surface area contributed by atoms with Crippen LogP contribution in [0.3, 0.4) is 0 Å². The van der Waals surface area contributed by atoms with Crippen LogP contribution in [0.25, 0.3) is 11.4 Å². The molecule has 0 bridgehead atoms. The molecule has 0 aliphatic heterocycles. The van der Waals surface area contributed by atoms with Crippen LogP contribution in [0.2, 0.25) is 0 Å². The molecule has 2 amide bonds. The Kier molecular flexibility index (Phi) is 6.72. The van der Waals surface area contributed by atoms with Crippen molar-refractivity contribution in [3.8, 4) is 11.4 Å². The first-order valence-corrected chi connectivity index (χ1v) is 11.1. The van der Waals surface area contributed by atoms with Crippen LogP contribution in [-0.4, -0.2) is 26.6 Å². The number of amides is 2. The van der Waals surface area contributed by atoms with Crippen LogP contribution in [-0.2, 0) is 18.3 Å². The van der Waals surface area contributed by atoms with Gasteiger partial charge in [0.1, 0.15) is 6.33 Å². The normalized spacial score (nSPS) is 10.7. The standard InChI is InChI=1S/C24H23N5O2S/c1-29-16-25-28-23(29)17-6-2-9-20(14-17)27-24(31)18-7-3-8-19(15-18)26-22(30)12-4-10-21-11-5-13-32-21/h2-3,5-9,11,13-16H,4,10,12H2,1H3,(H,26,30)(H,27,31). The summed E-state index contributed by atoms with van der Waals surface area (Å²) < 4.78 is 1.81. The second kappa shape index (κ2) is 10.0. The Hall–Kier alpha value is -3.78. The van der Waals surface area contributed by atoms with E-state index in [2.05, 4.69) is 26.9 Å². The molecule has 2 N–H and O–H groups in total. The van der Waals surface area contributed by atoms with E-state index >= 15 is 0 Å². The molecule has 0 saturated heterocycles. The fourth-order valence-electron chi connectivity index (χ4n) is 3.32. The second-order valence-corrected chi connectivity index (χ2v) is 8.39. The summed E-state index contributed by atoms with van der Waals surface area (Å²) in [6.07, 6.45) is 3.74. The quantitative estimate of drug-likeness (QED) is 0.409. The molecule has 0 saturated carbocycles. The van der Waals surface area contributed by atoms with E-state index < -0.39 is 0 Å². The van der Waals surface area contributed by atoms with E-state index in [0.717, 1.165) is 18.4 Å². The molecule has 0 unspecified atom stereocenters. The van der Waals surface area contributed by atoms with E-state index in [1.54, 1.807) is 41.9 Å². The number of carbonyl (C=O) groups excluding carboxylic acids is 2. The molecule has 162 valence electrons. The lowest BCUT2D eigenvalue weighted by Crippen LogP contribution is -2.14. The van der Waals surface area contributed by atoms with Crippen LogP contribution in [0, 0.1) is 0 Å². The number of rotatable bonds is 8. The fourth-order valence-corrected chi connectivity index (χ4v) is 4.07. The minimum absolute atomic E-state index is 0.0597. The highest BCUT2D eigenvalue weighted by molar-refractivity contribution is 7.09. The predicted molar refractivity (Wildman–Crippen MR) is 127 cm³/mol. The first-order chi connectivity index (χ1) is 15.6. The lowest BCUT2D eigenvalue weighted by Gasteiger charge is -2.09. The Bertz CT molecular complexity index is 1220. The summed E-state index contributed by atoms with van der Waals surface area (Å²) in [5.41, 5.74) is 2.57. The van der Waals surface area contributed by atoms with Crippen molar-refractivity contribution in [1.82, 2.24) is 14.8 Å². The van der Waals surface area contributed by atoms with Crippen LogP contribution in [0.15, 0.2) is 72.4 Å². The maximum absolute atomic E-state index is 12.8. The van der Waals surface area contributed by atoms with Gasteiger partial charge in [-0.3, -0.25) is 9.59 Å². The summed E-state index contributed by atoms with van der Waals surface area (Å²) in [6.45, 7) is 0. The summed E-state index contributed by atoms with van der Waals surface area (Å²) in [4.78, 5) is 26.3. The zero-order valence-electron chi connectivity index (χ0n) is 17.6. The Morgan fingerprint density at radius 1 is 1.00 bits per heavy atom. The lowest BCUT2D eigenvalue weighted by molar-refractivity contribution is -0.116. The Morgan fingerprint density at radius 3 is 2.56 bits per heavy atom. The van der Waals surface area contributed by atoms with Gasteiger partial charge in [0.05, 0.1) is 0 Å². The highest BCUT2D eigenvalue weighted by atomic mass is 32.1. The molecule has 2 heterocycles. The molecule has 4 rings (SSSR count). The molecule has 0 fully saturated rings. The number of nitrogens with one attached hydrogen (secondary N) is 2. The number of hydrogen-bond acceptors (Lipinski definition) is 5. The average Bonchev–Trinajstić information content (AvgIpc) is 3.46. The van der Waals surface area contributed by atoms with Crippen molar-refractivity contribution in [3.05, 3.63) is 82.8 Å². The number of thiophene rings is 1. The molecular formula is C24H23N5O2S. The minimum atomic E-state index is -0.256. The Morgan fingerprint density at radius 2 is 1.81 bits per heavy atom. The Labute approximate surface area is 190 Å². The van der Waals surface area contributed by atoms with Gasteiger partial charge in [0.15, 0.2) is 5.82 Å². The third-order valence-corrected chi connectivity index (χ3v) is 5.84. The topological polar surface area (TPSA) is 88.9 Å². The third kappa shape index (κ3) is 5.47. The van der Waals surface area contributed by atoms with E-state index in [4.69, 9.17) is 0 Å². The molecule has 2 aromatic heterocycles. The van der Waals surface area contributed by atoms with Gasteiger partial charge in [-0.1, -0.05) is 24.3 Å². The zero-order valence-corrected chi connectivity index (χ0v) is 18.4. The van der Waals surface area contributed by atoms with Gasteiger partial charge in [-0.15, -0.1) is 21.5 Å². The van der Waals surface area contributed by atoms with Gasteiger partial charge in [0.2, 0.25) is 5.91 Å². The molecule has 0 aliphatic rings. The molecule has 0 aliphatic carbocycles. The molecule has 0 radical (unpaired) electrons. The highest BCUT2D eigenvalue weighted by Crippen LogP contribution is 2.21. The van der Waals surface area contributed by atoms with Crippen molar-refractivity contribution in [2.75, 3.05) is 10.6 Å². The third-order valence-electron chi connectivity index (χ3n) is 4.91. The van der Waals surface area contributed by atoms with Crippen LogP contribution >= 0.6 is 11.3 Å². The van der Waals surface area contributed by atoms with Crippen LogP contribution in [0.4, 0.5) is 11.4 Å². The number of hydrogen-bond donors (Lipinski definition) is 2. The lowest BCUT2D eigenvalue weighted by atomic mass is 10.1. The number of benzene rings is 2. The van der Waals surface area contributed by atoms with Crippen molar-refractivity contribution in [2.24, 2.45) is 7.05 Å². The van der Waals surface area contributed by atoms with Gasteiger partial charge in [0, 0.05) is 40.8 Å². The average molecular weight is 446 g/mol. The number of aryl methyl sites for hydroxylation is 2. The maximum atomic E-state index is 12.8. The maximum Gasteiger partial charge on any atom is 0.255 e. The monoisotopic (exact) mass is 445 g/mol. The highest BCUT2D eigenvalue weighted by Gasteiger charge is 2.11. The number of aromatic nitrogens is 3. The van der Waals surface area contributed by atoms with Gasteiger partial charge in [0.25, 0.3) is 5.91 Å². The van der Waals surface area contributed by atoms with Crippen molar-refractivity contribution in [3.63, 3.8) is 0 Å². The SMILES string of the molecule is Cn1cnnc1-c1cccc(NC(=O)c2cccc(NC(=O)CCCc3cccs3)c2)c1. The van der Waals surface area contributed by atoms with Crippen molar-refractivity contribution < 1.29 is 9.59 Å². The van der Waals surface area contributed by atoms with Crippen LogP contribution < -0.4 is 10.6 Å². The number of anilines is 2. The molecule has 0 spiro atoms. The van der Waals surface area contributed by atoms with Gasteiger partial charge in [-0.2, -0.15) is 0 Å². The second-order valence-electron chi connectivity index (χ2n) is 7.36. The van der Waals surface area contributed by atoms with Crippen molar-refractivity contribution >= 4 is 34.5 Å². The molecular weight excluding hydrogens is 422 g/mol. The van der Waals surface area contributed by atoms with Gasteiger partial charge in [-0.25, -0.2) is 0 Å². The smallest absolute Gasteiger partial charge is 0.255 e. The largest absolute Gasteiger partial charge is 0.326 e. The summed E-state index contributed by atoms with van der Waals surface area (Å²) in [6, 6.07) is 18.5. The summed E-state index contributed by atoms with van der Waals surface area (Å²) in [5.74, 6) is 0.397. The van der Waals surface area contributed by atoms with Gasteiger partial charge in [-0.05, 0) is 54.6 Å². The number of nitrogens with zero attached hydrogens (tertiary/aromatic N) is 3. The molecule has 32 heavy (non-hydrogen) atoms.